The first kappa shape index (κ1) is 23.9. The van der Waals surface area contributed by atoms with E-state index in [0.29, 0.717) is 27.4 Å². The number of nitriles is 2. The first-order chi connectivity index (χ1) is 16.5. The molecule has 0 atom stereocenters. The Morgan fingerprint density at radius 2 is 2.00 bits per heavy atom. The van der Waals surface area contributed by atoms with Crippen LogP contribution < -0.4 is 10.1 Å². The molecular formula is C26H19FIN3O2S. The minimum atomic E-state index is -0.549. The Hall–Kier alpha value is -3.21. The Balaban J connectivity index is 1.49. The molecule has 1 aliphatic carbocycles. The van der Waals surface area contributed by atoms with Crippen molar-refractivity contribution in [1.29, 1.82) is 10.5 Å². The predicted molar refractivity (Wildman–Crippen MR) is 138 cm³/mol. The number of amides is 1. The number of fused-ring (bicyclic) bond motifs is 1. The monoisotopic (exact) mass is 583 g/mol. The Kier molecular flexibility index (Phi) is 7.61. The van der Waals surface area contributed by atoms with Crippen LogP contribution in [0.25, 0.3) is 6.08 Å². The molecule has 0 radical (unpaired) electrons. The lowest BCUT2D eigenvalue weighted by Crippen LogP contribution is -2.13. The smallest absolute Gasteiger partial charge is 0.266 e. The molecule has 0 bridgehead atoms. The van der Waals surface area contributed by atoms with Crippen LogP contribution in [0.3, 0.4) is 0 Å². The molecule has 4 rings (SSSR count). The van der Waals surface area contributed by atoms with Crippen molar-refractivity contribution in [2.24, 2.45) is 0 Å². The standard InChI is InChI=1S/C26H19FIN3O2S/c27-21-7-3-1-5-17(21)15-33-23-10-9-16(12-22(23)28)11-18(13-29)25(32)31-26-20(14-30)19-6-2-4-8-24(19)34-26/h1,3,5,7,9-12H,2,4,6,8,15H2,(H,31,32)/b18-11+. The number of aryl methyl sites for hydroxylation is 1. The second kappa shape index (κ2) is 10.8. The largest absolute Gasteiger partial charge is 0.488 e. The summed E-state index contributed by atoms with van der Waals surface area (Å²) in [5.74, 6) is -0.299. The van der Waals surface area contributed by atoms with Crippen molar-refractivity contribution in [2.75, 3.05) is 5.32 Å². The molecule has 170 valence electrons. The average Bonchev–Trinajstić information content (AvgIpc) is 3.19. The van der Waals surface area contributed by atoms with Crippen LogP contribution in [0.1, 0.15) is 40.0 Å². The summed E-state index contributed by atoms with van der Waals surface area (Å²) in [5.41, 5.74) is 2.58. The van der Waals surface area contributed by atoms with E-state index in [-0.39, 0.29) is 18.0 Å². The number of hydrogen-bond donors (Lipinski definition) is 1. The third kappa shape index (κ3) is 5.30. The first-order valence-corrected chi connectivity index (χ1v) is 12.5. The average molecular weight is 583 g/mol. The molecule has 0 saturated carbocycles. The molecule has 1 amide bonds. The van der Waals surface area contributed by atoms with Crippen LogP contribution in [0.4, 0.5) is 9.39 Å². The number of carbonyl (C=O) groups is 1. The van der Waals surface area contributed by atoms with Gasteiger partial charge in [-0.15, -0.1) is 11.3 Å². The van der Waals surface area contributed by atoms with Gasteiger partial charge in [-0.05, 0) is 83.7 Å². The summed E-state index contributed by atoms with van der Waals surface area (Å²) in [4.78, 5) is 13.9. The molecule has 34 heavy (non-hydrogen) atoms. The highest BCUT2D eigenvalue weighted by Crippen LogP contribution is 2.37. The van der Waals surface area contributed by atoms with Crippen LogP contribution in [0.2, 0.25) is 0 Å². The number of anilines is 1. The second-order valence-corrected chi connectivity index (χ2v) is 9.99. The highest BCUT2D eigenvalue weighted by molar-refractivity contribution is 14.1. The fraction of sp³-hybridized carbons (Fsp3) is 0.192. The molecule has 0 aliphatic heterocycles. The van der Waals surface area contributed by atoms with Gasteiger partial charge in [-0.2, -0.15) is 10.5 Å². The lowest BCUT2D eigenvalue weighted by Gasteiger charge is -2.10. The molecule has 1 heterocycles. The number of halogens is 2. The van der Waals surface area contributed by atoms with Gasteiger partial charge in [0.25, 0.3) is 5.91 Å². The Morgan fingerprint density at radius 1 is 1.21 bits per heavy atom. The van der Waals surface area contributed by atoms with Crippen molar-refractivity contribution < 1.29 is 13.9 Å². The predicted octanol–water partition coefficient (Wildman–Crippen LogP) is 6.37. The molecule has 0 spiro atoms. The summed E-state index contributed by atoms with van der Waals surface area (Å²) < 4.78 is 20.3. The van der Waals surface area contributed by atoms with E-state index < -0.39 is 5.91 Å². The van der Waals surface area contributed by atoms with Crippen molar-refractivity contribution >= 4 is 50.9 Å². The van der Waals surface area contributed by atoms with Crippen molar-refractivity contribution in [1.82, 2.24) is 0 Å². The summed E-state index contributed by atoms with van der Waals surface area (Å²) in [5, 5.41) is 22.4. The minimum absolute atomic E-state index is 0.0638. The summed E-state index contributed by atoms with van der Waals surface area (Å²) in [6.45, 7) is 0.0930. The maximum Gasteiger partial charge on any atom is 0.266 e. The summed E-state index contributed by atoms with van der Waals surface area (Å²) >= 11 is 3.52. The van der Waals surface area contributed by atoms with Crippen molar-refractivity contribution in [3.63, 3.8) is 0 Å². The number of carbonyl (C=O) groups excluding carboxylic acids is 1. The molecule has 0 unspecified atom stereocenters. The second-order valence-electron chi connectivity index (χ2n) is 7.72. The number of nitrogens with zero attached hydrogens (tertiary/aromatic N) is 2. The maximum atomic E-state index is 13.8. The number of nitrogens with one attached hydrogen (secondary N) is 1. The van der Waals surface area contributed by atoms with Crippen molar-refractivity contribution in [3.05, 3.63) is 84.6 Å². The van der Waals surface area contributed by atoms with Crippen LogP contribution in [0.5, 0.6) is 5.75 Å². The van der Waals surface area contributed by atoms with Crippen molar-refractivity contribution in [3.8, 4) is 17.9 Å². The highest BCUT2D eigenvalue weighted by atomic mass is 127. The van der Waals surface area contributed by atoms with Gasteiger partial charge in [-0.25, -0.2) is 4.39 Å². The van der Waals surface area contributed by atoms with E-state index in [1.54, 1.807) is 36.4 Å². The quantitative estimate of drug-likeness (QED) is 0.208. The topological polar surface area (TPSA) is 85.9 Å². The van der Waals surface area contributed by atoms with Crippen LogP contribution in [-0.2, 0) is 24.2 Å². The number of ether oxygens (including phenoxy) is 1. The summed E-state index contributed by atoms with van der Waals surface area (Å²) in [6, 6.07) is 15.8. The molecule has 3 aromatic rings. The number of benzene rings is 2. The fourth-order valence-corrected chi connectivity index (χ4v) is 5.68. The zero-order chi connectivity index (χ0) is 24.1. The lowest BCUT2D eigenvalue weighted by atomic mass is 9.96. The third-order valence-electron chi connectivity index (χ3n) is 5.48. The van der Waals surface area contributed by atoms with Crippen LogP contribution in [0.15, 0.2) is 48.0 Å². The molecule has 1 aliphatic rings. The van der Waals surface area contributed by atoms with Crippen molar-refractivity contribution in [2.45, 2.75) is 32.3 Å². The van der Waals surface area contributed by atoms with Gasteiger partial charge in [0.05, 0.1) is 9.13 Å². The first-order valence-electron chi connectivity index (χ1n) is 10.6. The van der Waals surface area contributed by atoms with Crippen LogP contribution in [-0.4, -0.2) is 5.91 Å². The molecule has 2 aromatic carbocycles. The van der Waals surface area contributed by atoms with E-state index in [0.717, 1.165) is 39.7 Å². The van der Waals surface area contributed by atoms with Gasteiger partial charge in [0, 0.05) is 10.4 Å². The number of hydrogen-bond acceptors (Lipinski definition) is 5. The number of rotatable bonds is 6. The van der Waals surface area contributed by atoms with E-state index in [9.17, 15) is 19.7 Å². The van der Waals surface area contributed by atoms with Gasteiger partial charge in [0.1, 0.15) is 40.9 Å². The van der Waals surface area contributed by atoms with E-state index in [2.05, 4.69) is 34.0 Å². The van der Waals surface area contributed by atoms with Crippen LogP contribution in [0, 0.1) is 32.0 Å². The highest BCUT2D eigenvalue weighted by Gasteiger charge is 2.22. The Morgan fingerprint density at radius 3 is 2.74 bits per heavy atom. The molecule has 0 fully saturated rings. The van der Waals surface area contributed by atoms with Gasteiger partial charge >= 0.3 is 0 Å². The summed E-state index contributed by atoms with van der Waals surface area (Å²) in [6.07, 6.45) is 5.36. The van der Waals surface area contributed by atoms with E-state index in [1.807, 2.05) is 6.07 Å². The zero-order valence-electron chi connectivity index (χ0n) is 18.0. The third-order valence-corrected chi connectivity index (χ3v) is 7.53. The zero-order valence-corrected chi connectivity index (χ0v) is 21.0. The molecule has 8 heteroatoms. The number of thiophene rings is 1. The molecule has 1 aromatic heterocycles. The minimum Gasteiger partial charge on any atom is -0.488 e. The molecular weight excluding hydrogens is 564 g/mol. The van der Waals surface area contributed by atoms with E-state index >= 15 is 0 Å². The van der Waals surface area contributed by atoms with Gasteiger partial charge < -0.3 is 10.1 Å². The Bertz CT molecular complexity index is 1370. The normalized spacial score (nSPS) is 12.9. The molecule has 1 N–H and O–H groups in total. The van der Waals surface area contributed by atoms with E-state index in [1.165, 1.54) is 23.5 Å². The Labute approximate surface area is 214 Å². The van der Waals surface area contributed by atoms with Crippen LogP contribution >= 0.6 is 33.9 Å². The summed E-state index contributed by atoms with van der Waals surface area (Å²) in [7, 11) is 0. The van der Waals surface area contributed by atoms with Gasteiger partial charge in [-0.1, -0.05) is 24.3 Å². The fourth-order valence-electron chi connectivity index (χ4n) is 3.75. The lowest BCUT2D eigenvalue weighted by molar-refractivity contribution is -0.112. The van der Waals surface area contributed by atoms with Gasteiger partial charge in [0.15, 0.2) is 0 Å². The van der Waals surface area contributed by atoms with E-state index in [4.69, 9.17) is 4.74 Å². The van der Waals surface area contributed by atoms with Gasteiger partial charge in [0.2, 0.25) is 0 Å². The SMILES string of the molecule is N#C/C(=C\c1ccc(OCc2ccccc2F)c(I)c1)C(=O)Nc1sc2c(c1C#N)CCCC2. The molecule has 5 nitrogen and oxygen atoms in total. The van der Waals surface area contributed by atoms with Gasteiger partial charge in [-0.3, -0.25) is 4.79 Å². The maximum absolute atomic E-state index is 13.8. The molecule has 0 saturated heterocycles.